The first-order valence-corrected chi connectivity index (χ1v) is 9.44. The van der Waals surface area contributed by atoms with E-state index in [1.807, 2.05) is 12.1 Å². The first kappa shape index (κ1) is 19.5. The molecule has 0 aliphatic carbocycles. The van der Waals surface area contributed by atoms with Crippen LogP contribution in [0.4, 0.5) is 18.9 Å². The van der Waals surface area contributed by atoms with Gasteiger partial charge in [-0.05, 0) is 55.6 Å². The van der Waals surface area contributed by atoms with Gasteiger partial charge in [-0.15, -0.1) is 0 Å². The number of piperidine rings is 1. The minimum Gasteiger partial charge on any atom is -0.482 e. The number of halogens is 3. The minimum absolute atomic E-state index is 0.160. The smallest absolute Gasteiger partial charge is 0.416 e. The number of hydrogen-bond donors (Lipinski definition) is 1. The van der Waals surface area contributed by atoms with E-state index in [1.165, 1.54) is 12.1 Å². The number of alkyl halides is 3. The maximum atomic E-state index is 12.7. The van der Waals surface area contributed by atoms with E-state index in [1.54, 1.807) is 12.1 Å². The first-order chi connectivity index (χ1) is 13.7. The molecule has 0 aromatic heterocycles. The van der Waals surface area contributed by atoms with Crippen molar-refractivity contribution in [2.24, 2.45) is 0 Å². The molecule has 152 valence electrons. The Morgan fingerprint density at radius 2 is 1.79 bits per heavy atom. The molecule has 1 amide bonds. The van der Waals surface area contributed by atoms with Crippen LogP contribution in [0, 0.1) is 0 Å². The van der Waals surface area contributed by atoms with Crippen molar-refractivity contribution >= 4 is 17.7 Å². The molecule has 7 heteroatoms. The number of likely N-dealkylation sites (tertiary alicyclic amines) is 1. The Kier molecular flexibility index (Phi) is 4.86. The molecule has 1 spiro atoms. The van der Waals surface area contributed by atoms with E-state index >= 15 is 0 Å². The Morgan fingerprint density at radius 3 is 2.45 bits per heavy atom. The topological polar surface area (TPSA) is 41.6 Å². The van der Waals surface area contributed by atoms with Gasteiger partial charge in [0.05, 0.1) is 5.56 Å². The van der Waals surface area contributed by atoms with Crippen LogP contribution in [-0.4, -0.2) is 36.5 Å². The molecule has 2 heterocycles. The second kappa shape index (κ2) is 7.22. The highest BCUT2D eigenvalue weighted by Gasteiger charge is 2.35. The van der Waals surface area contributed by atoms with Crippen LogP contribution in [0.3, 0.4) is 0 Å². The van der Waals surface area contributed by atoms with Crippen molar-refractivity contribution in [2.75, 3.05) is 25.5 Å². The van der Waals surface area contributed by atoms with Gasteiger partial charge in [0.15, 0.2) is 0 Å². The van der Waals surface area contributed by atoms with Crippen LogP contribution >= 0.6 is 0 Å². The highest BCUT2D eigenvalue weighted by molar-refractivity contribution is 6.04. The number of rotatable bonds is 2. The summed E-state index contributed by atoms with van der Waals surface area (Å²) in [6.07, 6.45) is 1.52. The lowest BCUT2D eigenvalue weighted by atomic mass is 9.88. The zero-order chi connectivity index (χ0) is 20.6. The highest BCUT2D eigenvalue weighted by Crippen LogP contribution is 2.38. The molecule has 1 N–H and O–H groups in total. The third-order valence-corrected chi connectivity index (χ3v) is 5.46. The van der Waals surface area contributed by atoms with Crippen LogP contribution in [-0.2, 0) is 6.18 Å². The Labute approximate surface area is 167 Å². The van der Waals surface area contributed by atoms with E-state index in [9.17, 15) is 18.0 Å². The van der Waals surface area contributed by atoms with Crippen LogP contribution < -0.4 is 10.1 Å². The van der Waals surface area contributed by atoms with Crippen molar-refractivity contribution in [3.8, 4) is 5.75 Å². The molecule has 2 aromatic carbocycles. The molecule has 2 aromatic rings. The molecule has 0 unspecified atom stereocenters. The molecule has 4 nitrogen and oxygen atoms in total. The van der Waals surface area contributed by atoms with E-state index in [0.29, 0.717) is 5.69 Å². The number of hydrogen-bond acceptors (Lipinski definition) is 3. The van der Waals surface area contributed by atoms with Gasteiger partial charge in [-0.2, -0.15) is 13.2 Å². The van der Waals surface area contributed by atoms with Gasteiger partial charge < -0.3 is 15.0 Å². The number of carbonyl (C=O) groups is 1. The molecule has 29 heavy (non-hydrogen) atoms. The van der Waals surface area contributed by atoms with E-state index in [-0.39, 0.29) is 11.2 Å². The van der Waals surface area contributed by atoms with Crippen LogP contribution in [0.2, 0.25) is 0 Å². The van der Waals surface area contributed by atoms with Gasteiger partial charge >= 0.3 is 6.18 Å². The molecule has 1 fully saturated rings. The van der Waals surface area contributed by atoms with Crippen LogP contribution in [0.1, 0.15) is 34.3 Å². The number of amides is 1. The summed E-state index contributed by atoms with van der Waals surface area (Å²) >= 11 is 0. The molecular formula is C22H21F3N2O2. The van der Waals surface area contributed by atoms with Crippen LogP contribution in [0.15, 0.2) is 48.5 Å². The molecule has 0 atom stereocenters. The number of carbonyl (C=O) groups excluding carboxylic acids is 1. The summed E-state index contributed by atoms with van der Waals surface area (Å²) in [6, 6.07) is 9.51. The molecule has 0 bridgehead atoms. The highest BCUT2D eigenvalue weighted by atomic mass is 19.4. The first-order valence-electron chi connectivity index (χ1n) is 9.44. The molecule has 1 saturated heterocycles. The largest absolute Gasteiger partial charge is 0.482 e. The number of fused-ring (bicyclic) bond motifs is 1. The van der Waals surface area contributed by atoms with Gasteiger partial charge in [0, 0.05) is 42.7 Å². The fourth-order valence-corrected chi connectivity index (χ4v) is 3.62. The van der Waals surface area contributed by atoms with Crippen molar-refractivity contribution in [1.29, 1.82) is 0 Å². The lowest BCUT2D eigenvalue weighted by Crippen LogP contribution is -2.46. The maximum absolute atomic E-state index is 12.7. The van der Waals surface area contributed by atoms with Gasteiger partial charge in [-0.3, -0.25) is 4.79 Å². The van der Waals surface area contributed by atoms with E-state index in [4.69, 9.17) is 4.74 Å². The average molecular weight is 402 g/mol. The minimum atomic E-state index is -4.43. The molecule has 0 saturated carbocycles. The van der Waals surface area contributed by atoms with E-state index < -0.39 is 17.6 Å². The number of nitrogens with one attached hydrogen (secondary N) is 1. The fraction of sp³-hybridized carbons (Fsp3) is 0.318. The summed E-state index contributed by atoms with van der Waals surface area (Å²) in [4.78, 5) is 14.6. The Bertz CT molecular complexity index is 944. The SMILES string of the molecule is CN1CCC2(C=Cc3cc(NC(=O)c4ccc(C(F)(F)F)cc4)ccc3O2)CC1. The normalized spacial score (nSPS) is 18.2. The molecule has 2 aliphatic heterocycles. The molecule has 4 rings (SSSR count). The third-order valence-electron chi connectivity index (χ3n) is 5.46. The van der Waals surface area contributed by atoms with E-state index in [2.05, 4.69) is 23.3 Å². The summed E-state index contributed by atoms with van der Waals surface area (Å²) in [5.74, 6) is 0.302. The summed E-state index contributed by atoms with van der Waals surface area (Å²) in [5, 5.41) is 2.73. The van der Waals surface area contributed by atoms with Crippen molar-refractivity contribution in [2.45, 2.75) is 24.6 Å². The summed E-state index contributed by atoms with van der Waals surface area (Å²) in [6.45, 7) is 1.95. The van der Waals surface area contributed by atoms with Gasteiger partial charge in [-0.1, -0.05) is 6.08 Å². The summed E-state index contributed by atoms with van der Waals surface area (Å²) < 4.78 is 44.2. The molecular weight excluding hydrogens is 381 g/mol. The van der Waals surface area contributed by atoms with Crippen molar-refractivity contribution in [1.82, 2.24) is 4.90 Å². The predicted molar refractivity (Wildman–Crippen MR) is 105 cm³/mol. The quantitative estimate of drug-likeness (QED) is 0.783. The zero-order valence-corrected chi connectivity index (χ0v) is 15.9. The second-order valence-corrected chi connectivity index (χ2v) is 7.59. The van der Waals surface area contributed by atoms with Crippen LogP contribution in [0.25, 0.3) is 6.08 Å². The third kappa shape index (κ3) is 4.15. The predicted octanol–water partition coefficient (Wildman–Crippen LogP) is 4.83. The molecule has 2 aliphatic rings. The number of ether oxygens (including phenoxy) is 1. The fourth-order valence-electron chi connectivity index (χ4n) is 3.62. The number of benzene rings is 2. The average Bonchev–Trinajstić information content (AvgIpc) is 2.70. The monoisotopic (exact) mass is 402 g/mol. The van der Waals surface area contributed by atoms with Crippen molar-refractivity contribution in [3.05, 3.63) is 65.2 Å². The lowest BCUT2D eigenvalue weighted by Gasteiger charge is -2.40. The summed E-state index contributed by atoms with van der Waals surface area (Å²) in [5.41, 5.74) is 0.520. The van der Waals surface area contributed by atoms with E-state index in [0.717, 1.165) is 49.4 Å². The van der Waals surface area contributed by atoms with Crippen molar-refractivity contribution in [3.63, 3.8) is 0 Å². The Morgan fingerprint density at radius 1 is 1.10 bits per heavy atom. The number of nitrogens with zero attached hydrogens (tertiary/aromatic N) is 1. The Hall–Kier alpha value is -2.80. The summed E-state index contributed by atoms with van der Waals surface area (Å²) in [7, 11) is 2.10. The van der Waals surface area contributed by atoms with Gasteiger partial charge in [0.1, 0.15) is 11.4 Å². The lowest BCUT2D eigenvalue weighted by molar-refractivity contribution is -0.137. The zero-order valence-electron chi connectivity index (χ0n) is 15.9. The van der Waals surface area contributed by atoms with Gasteiger partial charge in [-0.25, -0.2) is 0 Å². The van der Waals surface area contributed by atoms with Crippen molar-refractivity contribution < 1.29 is 22.7 Å². The molecule has 0 radical (unpaired) electrons. The standard InChI is InChI=1S/C22H21F3N2O2/c1-27-12-10-21(11-13-27)9-8-16-14-18(6-7-19(16)29-21)26-20(28)15-2-4-17(5-3-15)22(23,24)25/h2-9,14H,10-13H2,1H3,(H,26,28). The van der Waals surface area contributed by atoms with Gasteiger partial charge in [0.2, 0.25) is 0 Å². The maximum Gasteiger partial charge on any atom is 0.416 e. The van der Waals surface area contributed by atoms with Crippen LogP contribution in [0.5, 0.6) is 5.75 Å². The second-order valence-electron chi connectivity index (χ2n) is 7.59. The Balaban J connectivity index is 1.46. The number of anilines is 1. The van der Waals surface area contributed by atoms with Gasteiger partial charge in [0.25, 0.3) is 5.91 Å².